The smallest absolute Gasteiger partial charge is 0.276 e. The molecule has 2 aromatic heterocycles. The molecule has 0 radical (unpaired) electrons. The maximum absolute atomic E-state index is 13.3. The molecule has 9 heteroatoms. The van der Waals surface area contributed by atoms with Crippen molar-refractivity contribution in [3.8, 4) is 6.07 Å². The number of nitrogens with one attached hydrogen (secondary N) is 2. The first-order valence-corrected chi connectivity index (χ1v) is 8.06. The lowest BCUT2D eigenvalue weighted by molar-refractivity contribution is -0.121. The Kier molecular flexibility index (Phi) is 4.73. The average Bonchev–Trinajstić information content (AvgIpc) is 3.03. The minimum atomic E-state index is -1.00. The quantitative estimate of drug-likeness (QED) is 0.731. The van der Waals surface area contributed by atoms with E-state index < -0.39 is 29.1 Å². The van der Waals surface area contributed by atoms with E-state index in [9.17, 15) is 18.4 Å². The average molecular weight is 371 g/mol. The summed E-state index contributed by atoms with van der Waals surface area (Å²) in [4.78, 5) is 29.1. The van der Waals surface area contributed by atoms with Crippen LogP contribution in [0.2, 0.25) is 0 Å². The molecule has 0 aliphatic heterocycles. The summed E-state index contributed by atoms with van der Waals surface area (Å²) in [5.74, 6) is -2.44. The Hall–Kier alpha value is -3.54. The lowest BCUT2D eigenvalue weighted by atomic mass is 10.1. The molecule has 1 atom stereocenters. The van der Waals surface area contributed by atoms with E-state index in [1.807, 2.05) is 6.07 Å². The Labute approximate surface area is 152 Å². The fraction of sp³-hybridized carbons (Fsp3) is 0.222. The van der Waals surface area contributed by atoms with Crippen molar-refractivity contribution in [1.82, 2.24) is 19.9 Å². The van der Waals surface area contributed by atoms with Gasteiger partial charge in [-0.15, -0.1) is 0 Å². The van der Waals surface area contributed by atoms with Gasteiger partial charge in [0.2, 0.25) is 5.91 Å². The van der Waals surface area contributed by atoms with Gasteiger partial charge in [0.15, 0.2) is 17.3 Å². The second kappa shape index (κ2) is 6.99. The van der Waals surface area contributed by atoms with Crippen molar-refractivity contribution in [3.63, 3.8) is 0 Å². The molecule has 0 aliphatic carbocycles. The molecule has 0 aliphatic rings. The van der Waals surface area contributed by atoms with E-state index in [0.717, 1.165) is 16.6 Å². The van der Waals surface area contributed by atoms with Crippen LogP contribution in [0.25, 0.3) is 5.65 Å². The molecule has 7 nitrogen and oxygen atoms in total. The molecule has 0 saturated carbocycles. The van der Waals surface area contributed by atoms with E-state index in [1.165, 1.54) is 12.3 Å². The molecule has 2 heterocycles. The van der Waals surface area contributed by atoms with Crippen LogP contribution >= 0.6 is 0 Å². The van der Waals surface area contributed by atoms with Crippen molar-refractivity contribution in [1.29, 1.82) is 5.26 Å². The number of fused-ring (bicyclic) bond motifs is 1. The largest absolute Gasteiger partial charge is 0.349 e. The number of benzene rings is 1. The summed E-state index contributed by atoms with van der Waals surface area (Å²) in [7, 11) is 0. The molecule has 3 rings (SSSR count). The van der Waals surface area contributed by atoms with Gasteiger partial charge >= 0.3 is 0 Å². The van der Waals surface area contributed by atoms with Gasteiger partial charge in [0, 0.05) is 17.5 Å². The van der Waals surface area contributed by atoms with E-state index in [4.69, 9.17) is 5.26 Å². The van der Waals surface area contributed by atoms with Crippen LogP contribution in [-0.4, -0.2) is 20.5 Å². The number of nitriles is 1. The Morgan fingerprint density at radius 1 is 1.41 bits per heavy atom. The minimum absolute atomic E-state index is 0.175. The van der Waals surface area contributed by atoms with E-state index in [1.54, 1.807) is 13.8 Å². The third kappa shape index (κ3) is 3.42. The summed E-state index contributed by atoms with van der Waals surface area (Å²) in [6.45, 7) is 3.20. The van der Waals surface area contributed by atoms with Crippen LogP contribution in [-0.2, 0) is 11.2 Å². The van der Waals surface area contributed by atoms with Crippen LogP contribution in [0.15, 0.2) is 29.2 Å². The van der Waals surface area contributed by atoms with Crippen LogP contribution < -0.4 is 10.9 Å². The molecule has 0 bridgehead atoms. The van der Waals surface area contributed by atoms with Crippen molar-refractivity contribution in [2.45, 2.75) is 26.3 Å². The van der Waals surface area contributed by atoms with E-state index >= 15 is 0 Å². The first-order valence-electron chi connectivity index (χ1n) is 8.06. The van der Waals surface area contributed by atoms with Crippen molar-refractivity contribution >= 4 is 11.6 Å². The number of H-pyrrole nitrogens is 1. The van der Waals surface area contributed by atoms with Crippen molar-refractivity contribution in [2.75, 3.05) is 0 Å². The molecule has 27 heavy (non-hydrogen) atoms. The zero-order chi connectivity index (χ0) is 19.7. The normalized spacial score (nSPS) is 12.0. The van der Waals surface area contributed by atoms with Crippen LogP contribution in [0.4, 0.5) is 8.78 Å². The highest BCUT2D eigenvalue weighted by molar-refractivity contribution is 5.79. The Balaban J connectivity index is 1.82. The Morgan fingerprint density at radius 3 is 2.81 bits per heavy atom. The van der Waals surface area contributed by atoms with Crippen LogP contribution in [0.1, 0.15) is 35.3 Å². The molecular weight excluding hydrogens is 356 g/mol. The van der Waals surface area contributed by atoms with E-state index in [0.29, 0.717) is 11.3 Å². The number of amides is 1. The number of rotatable bonds is 4. The molecule has 1 amide bonds. The zero-order valence-corrected chi connectivity index (χ0v) is 14.5. The fourth-order valence-corrected chi connectivity index (χ4v) is 2.76. The van der Waals surface area contributed by atoms with Crippen LogP contribution in [0.3, 0.4) is 0 Å². The number of carbonyl (C=O) groups excluding carboxylic acids is 1. The standard InChI is InChI=1S/C18H15F2N5O2/c1-9(11-3-4-14(19)15(20)5-11)23-16(26)6-13-10(2)24-17-12(7-21)8-22-25(17)18(13)27/h3-5,8-9,22H,6H2,1-2H3,(H,23,26)/t9-/m0/s1. The van der Waals surface area contributed by atoms with Gasteiger partial charge in [-0.3, -0.25) is 14.7 Å². The monoisotopic (exact) mass is 371 g/mol. The lowest BCUT2D eigenvalue weighted by Crippen LogP contribution is -2.32. The Bertz CT molecular complexity index is 1140. The Morgan fingerprint density at radius 2 is 2.15 bits per heavy atom. The maximum Gasteiger partial charge on any atom is 0.276 e. The fourth-order valence-electron chi connectivity index (χ4n) is 2.76. The van der Waals surface area contributed by atoms with Crippen molar-refractivity contribution < 1.29 is 13.6 Å². The van der Waals surface area contributed by atoms with E-state index in [2.05, 4.69) is 15.4 Å². The highest BCUT2D eigenvalue weighted by atomic mass is 19.2. The summed E-state index contributed by atoms with van der Waals surface area (Å²) in [5, 5.41) is 14.3. The third-order valence-corrected chi connectivity index (χ3v) is 4.24. The summed E-state index contributed by atoms with van der Waals surface area (Å²) in [6, 6.07) is 4.72. The van der Waals surface area contributed by atoms with Gasteiger partial charge in [-0.25, -0.2) is 18.3 Å². The van der Waals surface area contributed by atoms with Gasteiger partial charge in [-0.2, -0.15) is 5.26 Å². The summed E-state index contributed by atoms with van der Waals surface area (Å²) < 4.78 is 27.5. The maximum atomic E-state index is 13.3. The molecule has 1 aromatic carbocycles. The molecule has 0 unspecified atom stereocenters. The van der Waals surface area contributed by atoms with Crippen molar-refractivity contribution in [2.24, 2.45) is 0 Å². The van der Waals surface area contributed by atoms with Gasteiger partial charge in [-0.05, 0) is 31.5 Å². The number of aromatic nitrogens is 3. The number of aromatic amines is 1. The first kappa shape index (κ1) is 18.3. The summed E-state index contributed by atoms with van der Waals surface area (Å²) >= 11 is 0. The molecule has 0 saturated heterocycles. The zero-order valence-electron chi connectivity index (χ0n) is 14.5. The number of carbonyl (C=O) groups is 1. The van der Waals surface area contributed by atoms with Gasteiger partial charge in [-0.1, -0.05) is 6.07 Å². The van der Waals surface area contributed by atoms with Crippen LogP contribution in [0.5, 0.6) is 0 Å². The second-order valence-corrected chi connectivity index (χ2v) is 6.08. The molecule has 0 fully saturated rings. The first-order chi connectivity index (χ1) is 12.8. The molecule has 2 N–H and O–H groups in total. The van der Waals surface area contributed by atoms with Gasteiger partial charge in [0.05, 0.1) is 12.5 Å². The highest BCUT2D eigenvalue weighted by Crippen LogP contribution is 2.16. The highest BCUT2D eigenvalue weighted by Gasteiger charge is 2.18. The molecule has 138 valence electrons. The summed E-state index contributed by atoms with van der Waals surface area (Å²) in [6.07, 6.45) is 1.12. The molecule has 3 aromatic rings. The van der Waals surface area contributed by atoms with Gasteiger partial charge in [0.1, 0.15) is 11.6 Å². The van der Waals surface area contributed by atoms with Crippen LogP contribution in [0, 0.1) is 29.9 Å². The third-order valence-electron chi connectivity index (χ3n) is 4.24. The number of hydrogen-bond donors (Lipinski definition) is 2. The lowest BCUT2D eigenvalue weighted by Gasteiger charge is -2.15. The minimum Gasteiger partial charge on any atom is -0.349 e. The van der Waals surface area contributed by atoms with E-state index in [-0.39, 0.29) is 23.2 Å². The number of hydrogen-bond acceptors (Lipinski definition) is 4. The number of nitrogens with zero attached hydrogens (tertiary/aromatic N) is 3. The predicted molar refractivity (Wildman–Crippen MR) is 91.9 cm³/mol. The number of aryl methyl sites for hydroxylation is 1. The number of halogens is 2. The van der Waals surface area contributed by atoms with Gasteiger partial charge < -0.3 is 5.32 Å². The van der Waals surface area contributed by atoms with Crippen molar-refractivity contribution in [3.05, 3.63) is 68.8 Å². The topological polar surface area (TPSA) is 103 Å². The van der Waals surface area contributed by atoms with Gasteiger partial charge in [0.25, 0.3) is 5.56 Å². The molecule has 0 spiro atoms. The summed E-state index contributed by atoms with van der Waals surface area (Å²) in [5.41, 5.74) is 0.847. The molecular formula is C18H15F2N5O2. The second-order valence-electron chi connectivity index (χ2n) is 6.08. The SMILES string of the molecule is Cc1nc2c(C#N)c[nH]n2c(=O)c1CC(=O)N[C@@H](C)c1ccc(F)c(F)c1. The predicted octanol–water partition coefficient (Wildman–Crippen LogP) is 1.90.